The second-order valence-corrected chi connectivity index (χ2v) is 4.33. The van der Waals surface area contributed by atoms with Crippen molar-refractivity contribution >= 4 is 5.97 Å². The molecule has 0 aromatic rings. The number of aliphatic hydroxyl groups is 1. The number of ether oxygens (including phenoxy) is 1. The monoisotopic (exact) mass is 214 g/mol. The van der Waals surface area contributed by atoms with Gasteiger partial charge in [0.25, 0.3) is 0 Å². The molecule has 0 bridgehead atoms. The molecule has 15 heavy (non-hydrogen) atoms. The fraction of sp³-hybridized carbons (Fsp3) is 0.917. The van der Waals surface area contributed by atoms with Crippen LogP contribution in [0.15, 0.2) is 0 Å². The van der Waals surface area contributed by atoms with Crippen LogP contribution < -0.4 is 0 Å². The molecule has 3 nitrogen and oxygen atoms in total. The van der Waals surface area contributed by atoms with Gasteiger partial charge >= 0.3 is 5.97 Å². The molecule has 1 heterocycles. The zero-order valence-corrected chi connectivity index (χ0v) is 9.58. The van der Waals surface area contributed by atoms with Crippen molar-refractivity contribution in [3.63, 3.8) is 0 Å². The summed E-state index contributed by atoms with van der Waals surface area (Å²) in [6.07, 6.45) is 6.86. The van der Waals surface area contributed by atoms with E-state index in [1.54, 1.807) is 0 Å². The third kappa shape index (κ3) is 4.20. The lowest BCUT2D eigenvalue weighted by Gasteiger charge is -2.13. The van der Waals surface area contributed by atoms with Crippen LogP contribution in [0.4, 0.5) is 0 Å². The standard InChI is InChI=1S/C12H22O3/c1-2-3-4-5-6-7-11(13)10-8-9-15-12(10)14/h10-11,13H,2-9H2,1H3/t10?,11-/m1/s1. The van der Waals surface area contributed by atoms with Crippen molar-refractivity contribution < 1.29 is 14.6 Å². The van der Waals surface area contributed by atoms with Gasteiger partial charge in [0.15, 0.2) is 0 Å². The van der Waals surface area contributed by atoms with Crippen LogP contribution in [0.25, 0.3) is 0 Å². The molecule has 1 rings (SSSR count). The molecule has 0 spiro atoms. The zero-order valence-electron chi connectivity index (χ0n) is 9.58. The molecular formula is C12H22O3. The average molecular weight is 214 g/mol. The van der Waals surface area contributed by atoms with Gasteiger partial charge in [0.1, 0.15) is 0 Å². The summed E-state index contributed by atoms with van der Waals surface area (Å²) in [5.41, 5.74) is 0. The minimum absolute atomic E-state index is 0.212. The van der Waals surface area contributed by atoms with E-state index in [9.17, 15) is 9.90 Å². The van der Waals surface area contributed by atoms with Gasteiger partial charge in [0, 0.05) is 0 Å². The Bertz CT molecular complexity index is 191. The number of cyclic esters (lactones) is 1. The van der Waals surface area contributed by atoms with Gasteiger partial charge in [-0.2, -0.15) is 0 Å². The summed E-state index contributed by atoms with van der Waals surface area (Å²) in [4.78, 5) is 11.2. The number of unbranched alkanes of at least 4 members (excludes halogenated alkanes) is 4. The summed E-state index contributed by atoms with van der Waals surface area (Å²) in [6, 6.07) is 0. The van der Waals surface area contributed by atoms with Crippen molar-refractivity contribution in [2.24, 2.45) is 5.92 Å². The van der Waals surface area contributed by atoms with E-state index < -0.39 is 6.10 Å². The molecule has 0 aromatic carbocycles. The summed E-state index contributed by atoms with van der Waals surface area (Å²) in [5.74, 6) is -0.466. The molecule has 1 N–H and O–H groups in total. The Morgan fingerprint density at radius 3 is 2.73 bits per heavy atom. The second-order valence-electron chi connectivity index (χ2n) is 4.33. The van der Waals surface area contributed by atoms with Gasteiger partial charge in [0.2, 0.25) is 0 Å². The normalized spacial score (nSPS) is 22.8. The smallest absolute Gasteiger partial charge is 0.311 e. The van der Waals surface area contributed by atoms with Crippen LogP contribution in [-0.4, -0.2) is 23.8 Å². The fourth-order valence-electron chi connectivity index (χ4n) is 2.02. The van der Waals surface area contributed by atoms with E-state index in [1.165, 1.54) is 19.3 Å². The van der Waals surface area contributed by atoms with Crippen molar-refractivity contribution in [1.29, 1.82) is 0 Å². The van der Waals surface area contributed by atoms with Crippen molar-refractivity contribution in [1.82, 2.24) is 0 Å². The lowest BCUT2D eigenvalue weighted by molar-refractivity contribution is -0.144. The highest BCUT2D eigenvalue weighted by Crippen LogP contribution is 2.22. The van der Waals surface area contributed by atoms with Gasteiger partial charge in [-0.05, 0) is 12.8 Å². The molecule has 2 atom stereocenters. The largest absolute Gasteiger partial charge is 0.465 e. The summed E-state index contributed by atoms with van der Waals surface area (Å²) in [7, 11) is 0. The molecule has 1 unspecified atom stereocenters. The molecule has 0 radical (unpaired) electrons. The molecule has 1 aliphatic heterocycles. The maximum Gasteiger partial charge on any atom is 0.311 e. The highest BCUT2D eigenvalue weighted by Gasteiger charge is 2.32. The highest BCUT2D eigenvalue weighted by atomic mass is 16.5. The van der Waals surface area contributed by atoms with Crippen LogP contribution in [-0.2, 0) is 9.53 Å². The molecule has 0 amide bonds. The quantitative estimate of drug-likeness (QED) is 0.522. The van der Waals surface area contributed by atoms with Crippen molar-refractivity contribution in [2.45, 2.75) is 58.0 Å². The minimum atomic E-state index is -0.485. The molecule has 3 heteroatoms. The van der Waals surface area contributed by atoms with E-state index >= 15 is 0 Å². The first-order valence-electron chi connectivity index (χ1n) is 6.10. The third-order valence-electron chi connectivity index (χ3n) is 3.04. The van der Waals surface area contributed by atoms with Gasteiger partial charge in [-0.15, -0.1) is 0 Å². The Morgan fingerprint density at radius 1 is 1.40 bits per heavy atom. The fourth-order valence-corrected chi connectivity index (χ4v) is 2.02. The number of aliphatic hydroxyl groups excluding tert-OH is 1. The van der Waals surface area contributed by atoms with Gasteiger partial charge < -0.3 is 9.84 Å². The van der Waals surface area contributed by atoms with Crippen LogP contribution in [0.1, 0.15) is 51.9 Å². The Morgan fingerprint density at radius 2 is 2.13 bits per heavy atom. The first kappa shape index (κ1) is 12.5. The minimum Gasteiger partial charge on any atom is -0.465 e. The van der Waals surface area contributed by atoms with Crippen LogP contribution in [0.2, 0.25) is 0 Å². The number of esters is 1. The molecular weight excluding hydrogens is 192 g/mol. The number of rotatable bonds is 7. The summed E-state index contributed by atoms with van der Waals surface area (Å²) in [6.45, 7) is 2.67. The van der Waals surface area contributed by atoms with Crippen LogP contribution in [0.3, 0.4) is 0 Å². The highest BCUT2D eigenvalue weighted by molar-refractivity contribution is 5.74. The Labute approximate surface area is 91.8 Å². The van der Waals surface area contributed by atoms with Crippen LogP contribution >= 0.6 is 0 Å². The van der Waals surface area contributed by atoms with Crippen LogP contribution in [0.5, 0.6) is 0 Å². The molecule has 1 fully saturated rings. The molecule has 0 saturated carbocycles. The predicted molar refractivity (Wildman–Crippen MR) is 58.4 cm³/mol. The second kappa shape index (κ2) is 6.83. The molecule has 88 valence electrons. The molecule has 0 aliphatic carbocycles. The summed E-state index contributed by atoms with van der Waals surface area (Å²) < 4.78 is 4.83. The first-order chi connectivity index (χ1) is 7.25. The summed E-state index contributed by atoms with van der Waals surface area (Å²) in [5, 5.41) is 9.78. The lowest BCUT2D eigenvalue weighted by atomic mass is 9.96. The number of carbonyl (C=O) groups is 1. The number of hydrogen-bond donors (Lipinski definition) is 1. The number of carbonyl (C=O) groups excluding carboxylic acids is 1. The first-order valence-corrected chi connectivity index (χ1v) is 6.10. The third-order valence-corrected chi connectivity index (χ3v) is 3.04. The average Bonchev–Trinajstić information content (AvgIpc) is 2.64. The van der Waals surface area contributed by atoms with Gasteiger partial charge in [-0.3, -0.25) is 4.79 Å². The maximum absolute atomic E-state index is 11.2. The van der Waals surface area contributed by atoms with E-state index in [1.807, 2.05) is 0 Å². The van der Waals surface area contributed by atoms with E-state index in [2.05, 4.69) is 6.92 Å². The lowest BCUT2D eigenvalue weighted by Crippen LogP contribution is -2.24. The maximum atomic E-state index is 11.2. The van der Waals surface area contributed by atoms with Gasteiger partial charge in [0.05, 0.1) is 18.6 Å². The SMILES string of the molecule is CCCCCCC[C@@H](O)C1CCOC1=O. The van der Waals surface area contributed by atoms with Crippen LogP contribution in [0, 0.1) is 5.92 Å². The Kier molecular flexibility index (Phi) is 5.69. The molecule has 1 saturated heterocycles. The van der Waals surface area contributed by atoms with Crippen molar-refractivity contribution in [2.75, 3.05) is 6.61 Å². The van der Waals surface area contributed by atoms with Crippen molar-refractivity contribution in [3.8, 4) is 0 Å². The van der Waals surface area contributed by atoms with Gasteiger partial charge in [-0.1, -0.05) is 39.0 Å². The van der Waals surface area contributed by atoms with E-state index in [4.69, 9.17) is 4.74 Å². The molecule has 0 aromatic heterocycles. The van der Waals surface area contributed by atoms with Crippen molar-refractivity contribution in [3.05, 3.63) is 0 Å². The topological polar surface area (TPSA) is 46.5 Å². The number of hydrogen-bond acceptors (Lipinski definition) is 3. The zero-order chi connectivity index (χ0) is 11.1. The van der Waals surface area contributed by atoms with Gasteiger partial charge in [-0.25, -0.2) is 0 Å². The predicted octanol–water partition coefficient (Wildman–Crippen LogP) is 2.27. The van der Waals surface area contributed by atoms with E-state index in [0.29, 0.717) is 13.0 Å². The molecule has 1 aliphatic rings. The van der Waals surface area contributed by atoms with E-state index in [-0.39, 0.29) is 11.9 Å². The summed E-state index contributed by atoms with van der Waals surface area (Å²) >= 11 is 0. The Balaban J connectivity index is 2.07. The Hall–Kier alpha value is -0.570. The van der Waals surface area contributed by atoms with E-state index in [0.717, 1.165) is 19.3 Å².